The van der Waals surface area contributed by atoms with Crippen LogP contribution < -0.4 is 0 Å². The second kappa shape index (κ2) is 5.64. The van der Waals surface area contributed by atoms with Gasteiger partial charge in [-0.2, -0.15) is 0 Å². The van der Waals surface area contributed by atoms with E-state index in [2.05, 4.69) is 0 Å². The molecule has 0 spiro atoms. The van der Waals surface area contributed by atoms with Crippen molar-refractivity contribution in [3.05, 3.63) is 0 Å². The molecule has 0 aromatic heterocycles. The Morgan fingerprint density at radius 3 is 2.62 bits per heavy atom. The highest BCUT2D eigenvalue weighted by molar-refractivity contribution is 5.80. The number of ether oxygens (including phenoxy) is 2. The summed E-state index contributed by atoms with van der Waals surface area (Å²) in [7, 11) is 1.89. The van der Waals surface area contributed by atoms with E-state index in [1.54, 1.807) is 0 Å². The minimum atomic E-state index is -0.176. The third kappa shape index (κ3) is 2.95. The summed E-state index contributed by atoms with van der Waals surface area (Å²) in [6, 6.07) is 0. The quantitative estimate of drug-likeness (QED) is 0.723. The predicted molar refractivity (Wildman–Crippen MR) is 60.2 cm³/mol. The van der Waals surface area contributed by atoms with Gasteiger partial charge in [-0.25, -0.2) is 0 Å². The lowest BCUT2D eigenvalue weighted by Crippen LogP contribution is -2.40. The summed E-state index contributed by atoms with van der Waals surface area (Å²) in [6.07, 6.45) is 3.87. The van der Waals surface area contributed by atoms with Crippen LogP contribution in [-0.4, -0.2) is 50.3 Å². The molecule has 4 heteroatoms. The molecular formula is C12H21NO3. The molecule has 0 aliphatic carbocycles. The van der Waals surface area contributed by atoms with Gasteiger partial charge in [0, 0.05) is 33.4 Å². The van der Waals surface area contributed by atoms with Crippen LogP contribution in [0.1, 0.15) is 25.7 Å². The van der Waals surface area contributed by atoms with E-state index in [0.717, 1.165) is 52.0 Å². The van der Waals surface area contributed by atoms with Gasteiger partial charge in [0.25, 0.3) is 5.91 Å². The summed E-state index contributed by atoms with van der Waals surface area (Å²) >= 11 is 0. The molecule has 0 aromatic rings. The summed E-state index contributed by atoms with van der Waals surface area (Å²) < 4.78 is 10.7. The molecule has 1 unspecified atom stereocenters. The van der Waals surface area contributed by atoms with Crippen LogP contribution in [0, 0.1) is 5.92 Å². The Bertz CT molecular complexity index is 232. The summed E-state index contributed by atoms with van der Waals surface area (Å²) in [5, 5.41) is 0. The first-order valence-corrected chi connectivity index (χ1v) is 6.21. The minimum Gasteiger partial charge on any atom is -0.381 e. The van der Waals surface area contributed by atoms with Gasteiger partial charge < -0.3 is 14.4 Å². The Kier molecular flexibility index (Phi) is 4.18. The van der Waals surface area contributed by atoms with Crippen molar-refractivity contribution in [2.45, 2.75) is 31.8 Å². The van der Waals surface area contributed by atoms with Gasteiger partial charge in [0.2, 0.25) is 0 Å². The standard InChI is InChI=1S/C12H21NO3/c1-13(9-10-4-7-15-8-5-10)12(14)11-3-2-6-16-11/h10-11H,2-9H2,1H3. The van der Waals surface area contributed by atoms with Crippen LogP contribution in [0.5, 0.6) is 0 Å². The van der Waals surface area contributed by atoms with Gasteiger partial charge in [0.05, 0.1) is 0 Å². The fourth-order valence-corrected chi connectivity index (χ4v) is 2.42. The maximum absolute atomic E-state index is 12.0. The number of carbonyl (C=O) groups is 1. The molecule has 2 aliphatic heterocycles. The van der Waals surface area contributed by atoms with Crippen LogP contribution in [-0.2, 0) is 14.3 Å². The van der Waals surface area contributed by atoms with Gasteiger partial charge in [0.1, 0.15) is 6.10 Å². The van der Waals surface area contributed by atoms with Gasteiger partial charge >= 0.3 is 0 Å². The molecule has 1 amide bonds. The van der Waals surface area contributed by atoms with E-state index in [-0.39, 0.29) is 12.0 Å². The minimum absolute atomic E-state index is 0.156. The lowest BCUT2D eigenvalue weighted by Gasteiger charge is -2.28. The highest BCUT2D eigenvalue weighted by atomic mass is 16.5. The first kappa shape index (κ1) is 11.9. The zero-order valence-electron chi connectivity index (χ0n) is 9.98. The number of carbonyl (C=O) groups excluding carboxylic acids is 1. The third-order valence-electron chi connectivity index (χ3n) is 3.45. The van der Waals surface area contributed by atoms with Crippen molar-refractivity contribution in [3.8, 4) is 0 Å². The molecule has 16 heavy (non-hydrogen) atoms. The van der Waals surface area contributed by atoms with Crippen molar-refractivity contribution in [1.82, 2.24) is 4.90 Å². The molecule has 0 aromatic carbocycles. The maximum atomic E-state index is 12.0. The summed E-state index contributed by atoms with van der Waals surface area (Å²) in [5.74, 6) is 0.757. The van der Waals surface area contributed by atoms with Crippen molar-refractivity contribution >= 4 is 5.91 Å². The van der Waals surface area contributed by atoms with E-state index >= 15 is 0 Å². The molecule has 0 bridgehead atoms. The Balaban J connectivity index is 1.77. The molecule has 92 valence electrons. The SMILES string of the molecule is CN(CC1CCOCC1)C(=O)C1CCCO1. The molecule has 0 radical (unpaired) electrons. The normalized spacial score (nSPS) is 26.9. The van der Waals surface area contributed by atoms with E-state index in [4.69, 9.17) is 9.47 Å². The van der Waals surface area contributed by atoms with Crippen LogP contribution in [0.2, 0.25) is 0 Å². The van der Waals surface area contributed by atoms with Gasteiger partial charge in [0.15, 0.2) is 0 Å². The summed E-state index contributed by atoms with van der Waals surface area (Å²) in [4.78, 5) is 13.8. The molecule has 0 N–H and O–H groups in total. The predicted octanol–water partition coefficient (Wildman–Crippen LogP) is 1.05. The number of nitrogens with zero attached hydrogens (tertiary/aromatic N) is 1. The fraction of sp³-hybridized carbons (Fsp3) is 0.917. The molecule has 2 saturated heterocycles. The van der Waals surface area contributed by atoms with Gasteiger partial charge in [-0.1, -0.05) is 0 Å². The van der Waals surface area contributed by atoms with Crippen LogP contribution in [0.25, 0.3) is 0 Å². The number of hydrogen-bond acceptors (Lipinski definition) is 3. The molecule has 2 heterocycles. The zero-order valence-corrected chi connectivity index (χ0v) is 9.98. The maximum Gasteiger partial charge on any atom is 0.251 e. The van der Waals surface area contributed by atoms with E-state index in [0.29, 0.717) is 5.92 Å². The first-order valence-electron chi connectivity index (χ1n) is 6.21. The van der Waals surface area contributed by atoms with E-state index < -0.39 is 0 Å². The molecule has 2 fully saturated rings. The van der Waals surface area contributed by atoms with Crippen molar-refractivity contribution in [2.75, 3.05) is 33.4 Å². The lowest BCUT2D eigenvalue weighted by molar-refractivity contribution is -0.140. The second-order valence-corrected chi connectivity index (χ2v) is 4.78. The highest BCUT2D eigenvalue weighted by Gasteiger charge is 2.27. The fourth-order valence-electron chi connectivity index (χ4n) is 2.42. The second-order valence-electron chi connectivity index (χ2n) is 4.78. The van der Waals surface area contributed by atoms with E-state index in [1.807, 2.05) is 11.9 Å². The summed E-state index contributed by atoms with van der Waals surface area (Å²) in [6.45, 7) is 3.27. The molecular weight excluding hydrogens is 206 g/mol. The van der Waals surface area contributed by atoms with Crippen molar-refractivity contribution in [1.29, 1.82) is 0 Å². The Labute approximate surface area is 96.9 Å². The smallest absolute Gasteiger partial charge is 0.251 e. The van der Waals surface area contributed by atoms with Crippen LogP contribution in [0.15, 0.2) is 0 Å². The highest BCUT2D eigenvalue weighted by Crippen LogP contribution is 2.18. The van der Waals surface area contributed by atoms with Crippen molar-refractivity contribution < 1.29 is 14.3 Å². The van der Waals surface area contributed by atoms with Gasteiger partial charge in [-0.05, 0) is 31.6 Å². The topological polar surface area (TPSA) is 38.8 Å². The largest absolute Gasteiger partial charge is 0.381 e. The molecule has 2 aliphatic rings. The number of likely N-dealkylation sites (N-methyl/N-ethyl adjacent to an activating group) is 1. The van der Waals surface area contributed by atoms with E-state index in [9.17, 15) is 4.79 Å². The number of hydrogen-bond donors (Lipinski definition) is 0. The molecule has 0 saturated carbocycles. The molecule has 2 rings (SSSR count). The monoisotopic (exact) mass is 227 g/mol. The van der Waals surface area contributed by atoms with E-state index in [1.165, 1.54) is 0 Å². The van der Waals surface area contributed by atoms with Crippen LogP contribution in [0.3, 0.4) is 0 Å². The van der Waals surface area contributed by atoms with Crippen molar-refractivity contribution in [2.24, 2.45) is 5.92 Å². The number of amides is 1. The van der Waals surface area contributed by atoms with Gasteiger partial charge in [-0.15, -0.1) is 0 Å². The van der Waals surface area contributed by atoms with Gasteiger partial charge in [-0.3, -0.25) is 4.79 Å². The van der Waals surface area contributed by atoms with Crippen molar-refractivity contribution in [3.63, 3.8) is 0 Å². The average molecular weight is 227 g/mol. The molecule has 4 nitrogen and oxygen atoms in total. The Hall–Kier alpha value is -0.610. The zero-order chi connectivity index (χ0) is 11.4. The first-order chi connectivity index (χ1) is 7.77. The lowest BCUT2D eigenvalue weighted by atomic mass is 9.99. The number of rotatable bonds is 3. The third-order valence-corrected chi connectivity index (χ3v) is 3.45. The van der Waals surface area contributed by atoms with Crippen LogP contribution >= 0.6 is 0 Å². The summed E-state index contributed by atoms with van der Waals surface area (Å²) in [5.41, 5.74) is 0. The average Bonchev–Trinajstić information content (AvgIpc) is 2.83. The van der Waals surface area contributed by atoms with Crippen LogP contribution in [0.4, 0.5) is 0 Å². The Morgan fingerprint density at radius 1 is 1.25 bits per heavy atom. The Morgan fingerprint density at radius 2 is 2.00 bits per heavy atom. The molecule has 1 atom stereocenters.